The van der Waals surface area contributed by atoms with Gasteiger partial charge in [-0.3, -0.25) is 0 Å². The number of carbonyl (C=O) groups excluding carboxylic acids is 1. The minimum absolute atomic E-state index is 0.288. The van der Waals surface area contributed by atoms with Crippen LogP contribution < -0.4 is 10.4 Å². The van der Waals surface area contributed by atoms with Gasteiger partial charge in [-0.25, -0.2) is 4.79 Å². The number of benzene rings is 1. The second kappa shape index (κ2) is 8.54. The van der Waals surface area contributed by atoms with E-state index in [1.165, 1.54) is 0 Å². The van der Waals surface area contributed by atoms with Crippen LogP contribution in [-0.4, -0.2) is 71.2 Å². The van der Waals surface area contributed by atoms with Gasteiger partial charge in [0.25, 0.3) is 0 Å². The Balaban J connectivity index is 2.01. The van der Waals surface area contributed by atoms with E-state index in [1.807, 2.05) is 39.0 Å². The van der Waals surface area contributed by atoms with E-state index in [9.17, 15) is 14.9 Å². The van der Waals surface area contributed by atoms with E-state index in [1.54, 1.807) is 38.7 Å². The number of ether oxygens (including phenoxy) is 1. The predicted octanol–water partition coefficient (Wildman–Crippen LogP) is 2.00. The molecule has 0 radical (unpaired) electrons. The highest BCUT2D eigenvalue weighted by molar-refractivity contribution is 6.60. The molecule has 1 fully saturated rings. The first-order chi connectivity index (χ1) is 13.2. The Hall–Kier alpha value is -1.77. The maximum Gasteiger partial charge on any atom is 0.491 e. The van der Waals surface area contributed by atoms with E-state index in [-0.39, 0.29) is 6.09 Å². The number of piperazine rings is 1. The van der Waals surface area contributed by atoms with E-state index in [0.717, 1.165) is 5.69 Å². The van der Waals surface area contributed by atoms with Gasteiger partial charge in [0.05, 0.1) is 11.2 Å². The average molecular weight is 406 g/mol. The predicted molar refractivity (Wildman–Crippen MR) is 116 cm³/mol. The fourth-order valence-corrected chi connectivity index (χ4v) is 2.84. The lowest BCUT2D eigenvalue weighted by atomic mass is 9.76. The standard InChI is InChI=1S/C21H35BN2O5/c1-19(2,3)28-18(25)24-13-11-23(12-14-24)17-10-8-9-16(15-17)22(27)29-21(6,7)20(4,5)26/h8-10,15,26-27H,11-14H2,1-7H3. The second-order valence-corrected chi connectivity index (χ2v) is 9.59. The number of aliphatic hydroxyl groups is 1. The maximum absolute atomic E-state index is 12.2. The SMILES string of the molecule is CC(C)(C)OC(=O)N1CCN(c2cccc(B(O)OC(C)(C)C(C)(C)O)c2)CC1. The molecular formula is C21H35BN2O5. The van der Waals surface area contributed by atoms with E-state index >= 15 is 0 Å². The summed E-state index contributed by atoms with van der Waals surface area (Å²) in [5.74, 6) is 0. The second-order valence-electron chi connectivity index (χ2n) is 9.59. The van der Waals surface area contributed by atoms with Crippen LogP contribution in [0.2, 0.25) is 0 Å². The molecule has 1 aliphatic rings. The summed E-state index contributed by atoms with van der Waals surface area (Å²) in [4.78, 5) is 16.1. The lowest BCUT2D eigenvalue weighted by Crippen LogP contribution is -2.53. The number of amides is 1. The number of hydrogen-bond acceptors (Lipinski definition) is 6. The van der Waals surface area contributed by atoms with Crippen LogP contribution in [0.15, 0.2) is 24.3 Å². The average Bonchev–Trinajstić information content (AvgIpc) is 2.59. The lowest BCUT2D eigenvalue weighted by molar-refractivity contribution is -0.0982. The molecule has 1 aliphatic heterocycles. The molecule has 0 atom stereocenters. The topological polar surface area (TPSA) is 82.5 Å². The van der Waals surface area contributed by atoms with Crippen molar-refractivity contribution in [3.8, 4) is 0 Å². The summed E-state index contributed by atoms with van der Waals surface area (Å²) in [6.45, 7) is 14.9. The van der Waals surface area contributed by atoms with Crippen molar-refractivity contribution in [1.29, 1.82) is 0 Å². The largest absolute Gasteiger partial charge is 0.491 e. The summed E-state index contributed by atoms with van der Waals surface area (Å²) in [5.41, 5.74) is -0.967. The fraction of sp³-hybridized carbons (Fsp3) is 0.667. The molecule has 1 saturated heterocycles. The minimum atomic E-state index is -1.15. The van der Waals surface area contributed by atoms with Crippen LogP contribution in [0.3, 0.4) is 0 Å². The Morgan fingerprint density at radius 1 is 1.03 bits per heavy atom. The van der Waals surface area contributed by atoms with E-state index < -0.39 is 23.9 Å². The van der Waals surface area contributed by atoms with E-state index in [4.69, 9.17) is 9.39 Å². The Morgan fingerprint density at radius 2 is 1.62 bits per heavy atom. The molecule has 0 unspecified atom stereocenters. The maximum atomic E-state index is 12.2. The van der Waals surface area contributed by atoms with Crippen LogP contribution in [0.5, 0.6) is 0 Å². The van der Waals surface area contributed by atoms with Crippen LogP contribution in [0.1, 0.15) is 48.5 Å². The Bertz CT molecular complexity index is 704. The van der Waals surface area contributed by atoms with E-state index in [0.29, 0.717) is 31.6 Å². The summed E-state index contributed by atoms with van der Waals surface area (Å²) in [6.07, 6.45) is -0.288. The van der Waals surface area contributed by atoms with Gasteiger partial charge in [0.15, 0.2) is 0 Å². The fourth-order valence-electron chi connectivity index (χ4n) is 2.84. The smallest absolute Gasteiger partial charge is 0.444 e. The van der Waals surface area contributed by atoms with E-state index in [2.05, 4.69) is 4.90 Å². The monoisotopic (exact) mass is 406 g/mol. The normalized spacial score (nSPS) is 16.0. The summed E-state index contributed by atoms with van der Waals surface area (Å²) in [6, 6.07) is 7.52. The molecule has 2 rings (SSSR count). The number of nitrogens with zero attached hydrogens (tertiary/aromatic N) is 2. The molecule has 0 saturated carbocycles. The quantitative estimate of drug-likeness (QED) is 0.728. The highest BCUT2D eigenvalue weighted by atomic mass is 16.6. The molecule has 1 aromatic carbocycles. The van der Waals surface area contributed by atoms with Crippen LogP contribution in [-0.2, 0) is 9.39 Å². The van der Waals surface area contributed by atoms with Crippen molar-refractivity contribution in [2.75, 3.05) is 31.1 Å². The molecule has 1 heterocycles. The number of anilines is 1. The summed E-state index contributed by atoms with van der Waals surface area (Å²) >= 11 is 0. The summed E-state index contributed by atoms with van der Waals surface area (Å²) in [7, 11) is -1.15. The van der Waals surface area contributed by atoms with Gasteiger partial charge in [-0.15, -0.1) is 0 Å². The van der Waals surface area contributed by atoms with Gasteiger partial charge in [-0.1, -0.05) is 12.1 Å². The van der Waals surface area contributed by atoms with Crippen molar-refractivity contribution < 1.29 is 24.3 Å². The van der Waals surface area contributed by atoms with Gasteiger partial charge in [0.2, 0.25) is 0 Å². The third-order valence-corrected chi connectivity index (χ3v) is 5.33. The lowest BCUT2D eigenvalue weighted by Gasteiger charge is -2.38. The zero-order chi connectivity index (χ0) is 22.0. The van der Waals surface area contributed by atoms with Crippen LogP contribution in [0.4, 0.5) is 10.5 Å². The molecule has 29 heavy (non-hydrogen) atoms. The summed E-state index contributed by atoms with van der Waals surface area (Å²) in [5, 5.41) is 20.8. The van der Waals surface area contributed by atoms with Gasteiger partial charge in [-0.05, 0) is 66.1 Å². The molecule has 1 amide bonds. The molecule has 2 N–H and O–H groups in total. The van der Waals surface area contributed by atoms with Gasteiger partial charge < -0.3 is 29.3 Å². The Kier molecular flexibility index (Phi) is 6.92. The summed E-state index contributed by atoms with van der Waals surface area (Å²) < 4.78 is 11.2. The van der Waals surface area contributed by atoms with Crippen molar-refractivity contribution in [2.24, 2.45) is 0 Å². The highest BCUT2D eigenvalue weighted by Crippen LogP contribution is 2.25. The van der Waals surface area contributed by atoms with Crippen molar-refractivity contribution in [1.82, 2.24) is 4.90 Å². The molecular weight excluding hydrogens is 371 g/mol. The molecule has 0 aromatic heterocycles. The van der Waals surface area contributed by atoms with Crippen molar-refractivity contribution >= 4 is 24.4 Å². The van der Waals surface area contributed by atoms with Crippen LogP contribution in [0, 0.1) is 0 Å². The molecule has 1 aromatic rings. The molecule has 0 aliphatic carbocycles. The first-order valence-electron chi connectivity index (χ1n) is 10.1. The Labute approximate surface area is 174 Å². The van der Waals surface area contributed by atoms with Gasteiger partial charge in [-0.2, -0.15) is 0 Å². The van der Waals surface area contributed by atoms with Crippen LogP contribution >= 0.6 is 0 Å². The van der Waals surface area contributed by atoms with Crippen molar-refractivity contribution in [2.45, 2.75) is 65.3 Å². The first kappa shape index (κ1) is 23.5. The van der Waals surface area contributed by atoms with Crippen molar-refractivity contribution in [3.63, 3.8) is 0 Å². The Morgan fingerprint density at radius 3 is 2.14 bits per heavy atom. The third-order valence-electron chi connectivity index (χ3n) is 5.33. The third kappa shape index (κ3) is 6.36. The van der Waals surface area contributed by atoms with Crippen LogP contribution in [0.25, 0.3) is 0 Å². The molecule has 162 valence electrons. The zero-order valence-corrected chi connectivity index (χ0v) is 18.7. The number of rotatable bonds is 5. The highest BCUT2D eigenvalue weighted by Gasteiger charge is 2.39. The van der Waals surface area contributed by atoms with Gasteiger partial charge in [0, 0.05) is 31.9 Å². The first-order valence-corrected chi connectivity index (χ1v) is 10.1. The zero-order valence-electron chi connectivity index (χ0n) is 18.7. The van der Waals surface area contributed by atoms with Crippen molar-refractivity contribution in [3.05, 3.63) is 24.3 Å². The molecule has 8 heteroatoms. The molecule has 0 bridgehead atoms. The van der Waals surface area contributed by atoms with Gasteiger partial charge >= 0.3 is 13.2 Å². The molecule has 7 nitrogen and oxygen atoms in total. The number of carbonyl (C=O) groups is 1. The molecule has 0 spiro atoms. The minimum Gasteiger partial charge on any atom is -0.444 e. The van der Waals surface area contributed by atoms with Gasteiger partial charge in [0.1, 0.15) is 5.60 Å². The number of hydrogen-bond donors (Lipinski definition) is 2.